The number of rotatable bonds is 5. The van der Waals surface area contributed by atoms with Crippen LogP contribution in [0.5, 0.6) is 5.75 Å². The van der Waals surface area contributed by atoms with Crippen molar-refractivity contribution in [2.24, 2.45) is 0 Å². The Labute approximate surface area is 113 Å². The molecule has 0 spiro atoms. The quantitative estimate of drug-likeness (QED) is 0.870. The highest BCUT2D eigenvalue weighted by molar-refractivity contribution is 9.10. The number of hydrogen-bond donors (Lipinski definition) is 2. The van der Waals surface area contributed by atoms with Gasteiger partial charge in [0.2, 0.25) is 0 Å². The molecule has 1 rings (SSSR count). The molecule has 0 aromatic heterocycles. The first-order chi connectivity index (χ1) is 8.43. The van der Waals surface area contributed by atoms with E-state index in [1.807, 2.05) is 0 Å². The van der Waals surface area contributed by atoms with Crippen molar-refractivity contribution in [2.45, 2.75) is 26.0 Å². The average molecular weight is 320 g/mol. The first-order valence-corrected chi connectivity index (χ1v) is 6.26. The van der Waals surface area contributed by atoms with Gasteiger partial charge in [0.25, 0.3) is 5.91 Å². The van der Waals surface area contributed by atoms with Crippen LogP contribution in [0.25, 0.3) is 0 Å². The number of carbonyl (C=O) groups is 1. The Balaban J connectivity index is 2.63. The van der Waals surface area contributed by atoms with Crippen LogP contribution in [0.4, 0.5) is 4.39 Å². The van der Waals surface area contributed by atoms with Gasteiger partial charge in [-0.05, 0) is 48.0 Å². The van der Waals surface area contributed by atoms with Crippen LogP contribution in [0.15, 0.2) is 22.7 Å². The summed E-state index contributed by atoms with van der Waals surface area (Å²) in [5, 5.41) is 11.4. The third-order valence-corrected chi connectivity index (χ3v) is 2.85. The molecule has 2 N–H and O–H groups in total. The Bertz CT molecular complexity index is 428. The van der Waals surface area contributed by atoms with Gasteiger partial charge in [-0.2, -0.15) is 0 Å². The van der Waals surface area contributed by atoms with Gasteiger partial charge in [-0.15, -0.1) is 0 Å². The number of nitrogens with one attached hydrogen (secondary N) is 1. The number of amides is 1. The molecule has 0 fully saturated rings. The summed E-state index contributed by atoms with van der Waals surface area (Å²) in [6, 6.07) is 3.62. The van der Waals surface area contributed by atoms with Crippen LogP contribution >= 0.6 is 15.9 Å². The highest BCUT2D eigenvalue weighted by Crippen LogP contribution is 2.26. The van der Waals surface area contributed by atoms with Crippen LogP contribution in [-0.2, 0) is 4.79 Å². The van der Waals surface area contributed by atoms with Crippen molar-refractivity contribution in [3.63, 3.8) is 0 Å². The summed E-state index contributed by atoms with van der Waals surface area (Å²) in [5.74, 6) is -0.344. The van der Waals surface area contributed by atoms with E-state index >= 15 is 0 Å². The highest BCUT2D eigenvalue weighted by Gasteiger charge is 2.17. The molecule has 0 bridgehead atoms. The second kappa shape index (κ2) is 6.70. The van der Waals surface area contributed by atoms with Crippen LogP contribution in [0.2, 0.25) is 0 Å². The maximum atomic E-state index is 12.9. The van der Waals surface area contributed by atoms with E-state index in [-0.39, 0.29) is 24.4 Å². The topological polar surface area (TPSA) is 58.6 Å². The lowest BCUT2D eigenvalue weighted by atomic mass is 10.3. The fourth-order valence-corrected chi connectivity index (χ4v) is 1.66. The fourth-order valence-electron chi connectivity index (χ4n) is 1.22. The van der Waals surface area contributed by atoms with Crippen molar-refractivity contribution < 1.29 is 19.0 Å². The summed E-state index contributed by atoms with van der Waals surface area (Å²) in [4.78, 5) is 11.7. The molecule has 0 aliphatic heterocycles. The summed E-state index contributed by atoms with van der Waals surface area (Å²) in [6.45, 7) is 3.12. The van der Waals surface area contributed by atoms with E-state index < -0.39 is 6.10 Å². The molecule has 0 aliphatic rings. The molecular formula is C12H15BrFNO3. The van der Waals surface area contributed by atoms with Gasteiger partial charge in [0.05, 0.1) is 11.1 Å². The minimum absolute atomic E-state index is 0.140. The zero-order valence-electron chi connectivity index (χ0n) is 10.1. The Morgan fingerprint density at radius 2 is 2.22 bits per heavy atom. The van der Waals surface area contributed by atoms with E-state index in [4.69, 9.17) is 9.84 Å². The predicted molar refractivity (Wildman–Crippen MR) is 68.9 cm³/mol. The molecule has 1 aromatic rings. The van der Waals surface area contributed by atoms with E-state index in [9.17, 15) is 9.18 Å². The summed E-state index contributed by atoms with van der Waals surface area (Å²) in [5.41, 5.74) is 0. The SMILES string of the molecule is CC(CO)NC(=O)C(C)Oc1ccc(F)cc1Br. The third kappa shape index (κ3) is 4.27. The first-order valence-electron chi connectivity index (χ1n) is 5.47. The molecule has 1 amide bonds. The van der Waals surface area contributed by atoms with Gasteiger partial charge in [0, 0.05) is 6.04 Å². The van der Waals surface area contributed by atoms with Crippen molar-refractivity contribution in [2.75, 3.05) is 6.61 Å². The Morgan fingerprint density at radius 3 is 2.78 bits per heavy atom. The van der Waals surface area contributed by atoms with Crippen LogP contribution in [0.3, 0.4) is 0 Å². The standard InChI is InChI=1S/C12H15BrFNO3/c1-7(6-16)15-12(17)8(2)18-11-4-3-9(14)5-10(11)13/h3-5,7-8,16H,6H2,1-2H3,(H,15,17). The van der Waals surface area contributed by atoms with Crippen LogP contribution < -0.4 is 10.1 Å². The highest BCUT2D eigenvalue weighted by atomic mass is 79.9. The molecular weight excluding hydrogens is 305 g/mol. The van der Waals surface area contributed by atoms with Crippen molar-refractivity contribution in [3.05, 3.63) is 28.5 Å². The van der Waals surface area contributed by atoms with Crippen molar-refractivity contribution in [3.8, 4) is 5.75 Å². The number of aliphatic hydroxyl groups is 1. The van der Waals surface area contributed by atoms with Gasteiger partial charge in [0.15, 0.2) is 6.10 Å². The van der Waals surface area contributed by atoms with Crippen LogP contribution in [-0.4, -0.2) is 29.8 Å². The second-order valence-corrected chi connectivity index (χ2v) is 4.78. The van der Waals surface area contributed by atoms with E-state index in [0.717, 1.165) is 0 Å². The molecule has 2 atom stereocenters. The van der Waals surface area contributed by atoms with Gasteiger partial charge in [-0.3, -0.25) is 4.79 Å². The van der Waals surface area contributed by atoms with Crippen LogP contribution in [0.1, 0.15) is 13.8 Å². The molecule has 100 valence electrons. The smallest absolute Gasteiger partial charge is 0.261 e. The van der Waals surface area contributed by atoms with Gasteiger partial charge < -0.3 is 15.2 Å². The fraction of sp³-hybridized carbons (Fsp3) is 0.417. The molecule has 0 saturated carbocycles. The molecule has 4 nitrogen and oxygen atoms in total. The zero-order chi connectivity index (χ0) is 13.7. The minimum Gasteiger partial charge on any atom is -0.480 e. The largest absolute Gasteiger partial charge is 0.480 e. The zero-order valence-corrected chi connectivity index (χ0v) is 11.7. The molecule has 2 unspecified atom stereocenters. The number of carbonyl (C=O) groups excluding carboxylic acids is 1. The molecule has 0 aliphatic carbocycles. The van der Waals surface area contributed by atoms with Crippen LogP contribution in [0, 0.1) is 5.82 Å². The van der Waals surface area contributed by atoms with E-state index in [2.05, 4.69) is 21.2 Å². The Kier molecular flexibility index (Phi) is 5.55. The number of ether oxygens (including phenoxy) is 1. The maximum Gasteiger partial charge on any atom is 0.261 e. The lowest BCUT2D eigenvalue weighted by Crippen LogP contribution is -2.42. The normalized spacial score (nSPS) is 13.8. The lowest BCUT2D eigenvalue weighted by Gasteiger charge is -2.18. The van der Waals surface area contributed by atoms with Crippen molar-refractivity contribution >= 4 is 21.8 Å². The summed E-state index contributed by atoms with van der Waals surface area (Å²) >= 11 is 3.15. The van der Waals surface area contributed by atoms with E-state index in [1.165, 1.54) is 18.2 Å². The van der Waals surface area contributed by atoms with Gasteiger partial charge in [-0.1, -0.05) is 0 Å². The average Bonchev–Trinajstić information content (AvgIpc) is 2.32. The molecule has 6 heteroatoms. The van der Waals surface area contributed by atoms with Gasteiger partial charge >= 0.3 is 0 Å². The molecule has 0 heterocycles. The number of halogens is 2. The summed E-state index contributed by atoms with van der Waals surface area (Å²) in [6.07, 6.45) is -0.735. The molecule has 18 heavy (non-hydrogen) atoms. The van der Waals surface area contributed by atoms with E-state index in [1.54, 1.807) is 13.8 Å². The number of benzene rings is 1. The second-order valence-electron chi connectivity index (χ2n) is 3.93. The Hall–Kier alpha value is -1.14. The molecule has 1 aromatic carbocycles. The minimum atomic E-state index is -0.735. The number of hydrogen-bond acceptors (Lipinski definition) is 3. The lowest BCUT2D eigenvalue weighted by molar-refractivity contribution is -0.128. The summed E-state index contributed by atoms with van der Waals surface area (Å²) < 4.78 is 18.7. The molecule has 0 saturated heterocycles. The molecule has 0 radical (unpaired) electrons. The third-order valence-electron chi connectivity index (χ3n) is 2.23. The van der Waals surface area contributed by atoms with Crippen molar-refractivity contribution in [1.29, 1.82) is 0 Å². The van der Waals surface area contributed by atoms with E-state index in [0.29, 0.717) is 10.2 Å². The Morgan fingerprint density at radius 1 is 1.56 bits per heavy atom. The van der Waals surface area contributed by atoms with Gasteiger partial charge in [-0.25, -0.2) is 4.39 Å². The number of aliphatic hydroxyl groups excluding tert-OH is 1. The maximum absolute atomic E-state index is 12.9. The predicted octanol–water partition coefficient (Wildman–Crippen LogP) is 1.85. The first kappa shape index (κ1) is 14.9. The van der Waals surface area contributed by atoms with Gasteiger partial charge in [0.1, 0.15) is 11.6 Å². The summed E-state index contributed by atoms with van der Waals surface area (Å²) in [7, 11) is 0. The monoisotopic (exact) mass is 319 g/mol. The van der Waals surface area contributed by atoms with Crippen molar-refractivity contribution in [1.82, 2.24) is 5.32 Å².